The minimum atomic E-state index is -0.684. The summed E-state index contributed by atoms with van der Waals surface area (Å²) in [5, 5.41) is 27.4. The van der Waals surface area contributed by atoms with Gasteiger partial charge in [-0.1, -0.05) is 61.9 Å². The highest BCUT2D eigenvalue weighted by atomic mass is 16.6. The lowest BCUT2D eigenvalue weighted by Crippen LogP contribution is -2.61. The van der Waals surface area contributed by atoms with Crippen LogP contribution >= 0.6 is 0 Å². The number of carbonyl (C=O) groups excluding carboxylic acids is 2. The molecule has 0 aliphatic heterocycles. The number of aliphatic hydroxyl groups excluding tert-OH is 2. The lowest BCUT2D eigenvalue weighted by atomic mass is 9.46. The number of hydrogen-bond acceptors (Lipinski definition) is 5. The number of hydrogen-bond donors (Lipinski definition) is 4. The zero-order valence-electron chi connectivity index (χ0n) is 22.1. The van der Waals surface area contributed by atoms with Crippen LogP contribution in [0.4, 0.5) is 10.5 Å². The molecule has 0 aromatic heterocycles. The Balaban J connectivity index is 1.45. The van der Waals surface area contributed by atoms with Crippen molar-refractivity contribution in [1.29, 1.82) is 0 Å². The molecule has 0 bridgehead atoms. The first-order valence-electron chi connectivity index (χ1n) is 13.3. The molecule has 2 fully saturated rings. The van der Waals surface area contributed by atoms with Crippen LogP contribution in [0.5, 0.6) is 0 Å². The van der Waals surface area contributed by atoms with Gasteiger partial charge in [-0.25, -0.2) is 4.79 Å². The van der Waals surface area contributed by atoms with E-state index in [9.17, 15) is 19.8 Å². The summed E-state index contributed by atoms with van der Waals surface area (Å²) in [4.78, 5) is 25.7. The van der Waals surface area contributed by atoms with Gasteiger partial charge in [-0.05, 0) is 67.6 Å². The second kappa shape index (κ2) is 11.2. The maximum absolute atomic E-state index is 12.9. The minimum Gasteiger partial charge on any atom is -0.445 e. The first-order chi connectivity index (χ1) is 17.7. The first kappa shape index (κ1) is 27.1. The highest BCUT2D eigenvalue weighted by molar-refractivity contribution is 5.84. The van der Waals surface area contributed by atoms with E-state index < -0.39 is 23.7 Å². The number of aliphatic hydroxyl groups is 2. The molecule has 2 aromatic carbocycles. The summed E-state index contributed by atoms with van der Waals surface area (Å²) in [5.74, 6) is -0.335. The molecular formula is C30H40N2O5. The Morgan fingerprint density at radius 2 is 1.73 bits per heavy atom. The molecule has 2 aromatic rings. The fourth-order valence-electron chi connectivity index (χ4n) is 6.76. The zero-order chi connectivity index (χ0) is 26.6. The van der Waals surface area contributed by atoms with E-state index in [1.165, 1.54) is 0 Å². The fraction of sp³-hybridized carbons (Fsp3) is 0.533. The second-order valence-corrected chi connectivity index (χ2v) is 11.4. The van der Waals surface area contributed by atoms with E-state index in [1.54, 1.807) is 0 Å². The Labute approximate surface area is 219 Å². The number of nitrogens with one attached hydrogen (secondary N) is 2. The van der Waals surface area contributed by atoms with Crippen molar-refractivity contribution in [1.82, 2.24) is 5.32 Å². The van der Waals surface area contributed by atoms with E-state index in [1.807, 2.05) is 68.4 Å². The molecule has 0 radical (unpaired) electrons. The average molecular weight is 509 g/mol. The van der Waals surface area contributed by atoms with E-state index in [-0.39, 0.29) is 36.2 Å². The third-order valence-electron chi connectivity index (χ3n) is 8.96. The lowest BCUT2D eigenvalue weighted by molar-refractivity contribution is -0.185. The molecule has 4 rings (SSSR count). The SMILES string of the molecule is Cc1ccc(NC(=O)O[C@@H]2CC[C@]3(C)[C@@H](CC[C@@H](O)[C@H]3CC(=O)NCc3ccccc3)[C@]2(C)CO)cc1. The van der Waals surface area contributed by atoms with Gasteiger partial charge in [-0.3, -0.25) is 10.1 Å². The summed E-state index contributed by atoms with van der Waals surface area (Å²) in [6.45, 7) is 6.39. The number of rotatable bonds is 7. The quantitative estimate of drug-likeness (QED) is 0.430. The summed E-state index contributed by atoms with van der Waals surface area (Å²) in [7, 11) is 0. The summed E-state index contributed by atoms with van der Waals surface area (Å²) >= 11 is 0. The normalized spacial score (nSPS) is 31.2. The van der Waals surface area contributed by atoms with Gasteiger partial charge < -0.3 is 20.3 Å². The first-order valence-corrected chi connectivity index (χ1v) is 13.3. The van der Waals surface area contributed by atoms with Gasteiger partial charge in [0.2, 0.25) is 5.91 Å². The van der Waals surface area contributed by atoms with Gasteiger partial charge in [0.25, 0.3) is 0 Å². The standard InChI is InChI=1S/C30H40N2O5/c1-20-9-11-22(12-10-20)32-28(36)37-26-15-16-29(2)23(24(34)13-14-25(29)30(26,3)19-33)17-27(35)31-18-21-7-5-4-6-8-21/h4-12,23-26,33-34H,13-19H2,1-3H3,(H,31,35)(H,32,36)/t23-,24-,25-,26-,29+,30+/m1/s1. The van der Waals surface area contributed by atoms with Gasteiger partial charge in [0, 0.05) is 24.1 Å². The van der Waals surface area contributed by atoms with Crippen LogP contribution in [-0.2, 0) is 16.1 Å². The molecule has 2 aliphatic carbocycles. The lowest BCUT2D eigenvalue weighted by Gasteiger charge is -2.60. The molecular weight excluding hydrogens is 468 g/mol. The number of aryl methyl sites for hydroxylation is 1. The highest BCUT2D eigenvalue weighted by Crippen LogP contribution is 2.61. The highest BCUT2D eigenvalue weighted by Gasteiger charge is 2.60. The van der Waals surface area contributed by atoms with Crippen LogP contribution in [0.1, 0.15) is 57.1 Å². The molecule has 200 valence electrons. The summed E-state index contributed by atoms with van der Waals surface area (Å²) in [6, 6.07) is 17.3. The Kier molecular flexibility index (Phi) is 8.24. The Morgan fingerprint density at radius 3 is 2.41 bits per heavy atom. The van der Waals surface area contributed by atoms with Crippen molar-refractivity contribution in [3.8, 4) is 0 Å². The van der Waals surface area contributed by atoms with E-state index >= 15 is 0 Å². The number of carbonyl (C=O) groups is 2. The Morgan fingerprint density at radius 1 is 1.03 bits per heavy atom. The summed E-state index contributed by atoms with van der Waals surface area (Å²) < 4.78 is 5.90. The monoisotopic (exact) mass is 508 g/mol. The van der Waals surface area contributed by atoms with E-state index in [0.29, 0.717) is 37.9 Å². The van der Waals surface area contributed by atoms with Crippen LogP contribution in [0.15, 0.2) is 54.6 Å². The van der Waals surface area contributed by atoms with Gasteiger partial charge in [0.05, 0.1) is 12.7 Å². The van der Waals surface area contributed by atoms with Crippen LogP contribution < -0.4 is 10.6 Å². The van der Waals surface area contributed by atoms with Crippen molar-refractivity contribution in [3.05, 3.63) is 65.7 Å². The molecule has 0 spiro atoms. The van der Waals surface area contributed by atoms with E-state index in [2.05, 4.69) is 17.6 Å². The molecule has 2 saturated carbocycles. The molecule has 2 amide bonds. The molecule has 0 saturated heterocycles. The molecule has 6 atom stereocenters. The molecule has 4 N–H and O–H groups in total. The van der Waals surface area contributed by atoms with Crippen molar-refractivity contribution in [3.63, 3.8) is 0 Å². The zero-order valence-corrected chi connectivity index (χ0v) is 22.1. The van der Waals surface area contributed by atoms with Gasteiger partial charge >= 0.3 is 6.09 Å². The Bertz CT molecular complexity index is 1080. The predicted molar refractivity (Wildman–Crippen MR) is 143 cm³/mol. The molecule has 2 aliphatic rings. The van der Waals surface area contributed by atoms with Crippen molar-refractivity contribution in [2.45, 2.75) is 71.6 Å². The predicted octanol–water partition coefficient (Wildman–Crippen LogP) is 4.80. The number of anilines is 1. The van der Waals surface area contributed by atoms with Crippen LogP contribution in [-0.4, -0.2) is 41.0 Å². The second-order valence-electron chi connectivity index (χ2n) is 11.4. The smallest absolute Gasteiger partial charge is 0.411 e. The van der Waals surface area contributed by atoms with Crippen LogP contribution in [0.25, 0.3) is 0 Å². The Hall–Kier alpha value is -2.90. The van der Waals surface area contributed by atoms with Crippen LogP contribution in [0.3, 0.4) is 0 Å². The van der Waals surface area contributed by atoms with Gasteiger partial charge in [0.1, 0.15) is 6.10 Å². The molecule has 0 unspecified atom stereocenters. The minimum absolute atomic E-state index is 0.00810. The summed E-state index contributed by atoms with van der Waals surface area (Å²) in [6.07, 6.45) is 1.14. The topological polar surface area (TPSA) is 108 Å². The molecule has 7 heteroatoms. The maximum Gasteiger partial charge on any atom is 0.411 e. The third-order valence-corrected chi connectivity index (χ3v) is 8.96. The van der Waals surface area contributed by atoms with Gasteiger partial charge in [-0.15, -0.1) is 0 Å². The van der Waals surface area contributed by atoms with Crippen LogP contribution in [0.2, 0.25) is 0 Å². The molecule has 7 nitrogen and oxygen atoms in total. The number of ether oxygens (including phenoxy) is 1. The van der Waals surface area contributed by atoms with E-state index in [0.717, 1.165) is 11.1 Å². The number of amides is 2. The number of benzene rings is 2. The van der Waals surface area contributed by atoms with Crippen LogP contribution in [0, 0.1) is 29.6 Å². The van der Waals surface area contributed by atoms with E-state index in [4.69, 9.17) is 4.74 Å². The van der Waals surface area contributed by atoms with Crippen molar-refractivity contribution >= 4 is 17.7 Å². The van der Waals surface area contributed by atoms with Gasteiger partial charge in [0.15, 0.2) is 0 Å². The maximum atomic E-state index is 12.9. The van der Waals surface area contributed by atoms with Gasteiger partial charge in [-0.2, -0.15) is 0 Å². The number of fused-ring (bicyclic) bond motifs is 1. The fourth-order valence-corrected chi connectivity index (χ4v) is 6.76. The van der Waals surface area contributed by atoms with Crippen molar-refractivity contribution in [2.75, 3.05) is 11.9 Å². The van der Waals surface area contributed by atoms with Crippen molar-refractivity contribution in [2.24, 2.45) is 22.7 Å². The molecule has 0 heterocycles. The molecule has 37 heavy (non-hydrogen) atoms. The largest absolute Gasteiger partial charge is 0.445 e. The van der Waals surface area contributed by atoms with Crippen molar-refractivity contribution < 1.29 is 24.5 Å². The summed E-state index contributed by atoms with van der Waals surface area (Å²) in [5.41, 5.74) is 1.73. The third kappa shape index (κ3) is 5.83. The average Bonchev–Trinajstić information content (AvgIpc) is 2.89.